The minimum Gasteiger partial charge on any atom is -0.465 e. The summed E-state index contributed by atoms with van der Waals surface area (Å²) in [5.74, 6) is -1.86. The van der Waals surface area contributed by atoms with Gasteiger partial charge >= 0.3 is 11.9 Å². The highest BCUT2D eigenvalue weighted by Gasteiger charge is 2.27. The highest BCUT2D eigenvalue weighted by molar-refractivity contribution is 7.18. The predicted molar refractivity (Wildman–Crippen MR) is 124 cm³/mol. The molecule has 0 aromatic carbocycles. The van der Waals surface area contributed by atoms with Crippen molar-refractivity contribution in [3.05, 3.63) is 51.9 Å². The van der Waals surface area contributed by atoms with E-state index in [-0.39, 0.29) is 21.1 Å². The lowest BCUT2D eigenvalue weighted by molar-refractivity contribution is 0.0601. The van der Waals surface area contributed by atoms with Crippen LogP contribution in [0.4, 0.5) is 5.00 Å². The van der Waals surface area contributed by atoms with Crippen LogP contribution in [-0.4, -0.2) is 56.4 Å². The van der Waals surface area contributed by atoms with Gasteiger partial charge in [-0.05, 0) is 32.4 Å². The topological polar surface area (TPSA) is 130 Å². The molecule has 12 heteroatoms. The highest BCUT2D eigenvalue weighted by atomic mass is 32.1. The Morgan fingerprint density at radius 2 is 1.88 bits per heavy atom. The van der Waals surface area contributed by atoms with E-state index in [9.17, 15) is 14.4 Å². The lowest BCUT2D eigenvalue weighted by Gasteiger charge is -2.05. The van der Waals surface area contributed by atoms with Crippen molar-refractivity contribution in [3.63, 3.8) is 0 Å². The summed E-state index contributed by atoms with van der Waals surface area (Å²) >= 11 is 0.931. The number of nitrogens with one attached hydrogen (secondary N) is 1. The molecule has 0 saturated carbocycles. The number of carbonyl (C=O) groups is 3. The van der Waals surface area contributed by atoms with E-state index in [2.05, 4.69) is 20.5 Å². The molecule has 0 saturated heterocycles. The quantitative estimate of drug-likeness (QED) is 0.415. The number of aryl methyl sites for hydroxylation is 1. The molecule has 4 aromatic rings. The Bertz CT molecular complexity index is 1430. The third-order valence-electron chi connectivity index (χ3n) is 5.40. The van der Waals surface area contributed by atoms with Crippen molar-refractivity contribution in [2.75, 3.05) is 19.5 Å². The summed E-state index contributed by atoms with van der Waals surface area (Å²) in [6, 6.07) is 3.34. The maximum atomic E-state index is 13.1. The van der Waals surface area contributed by atoms with E-state index in [4.69, 9.17) is 9.47 Å². The zero-order valence-corrected chi connectivity index (χ0v) is 20.0. The van der Waals surface area contributed by atoms with Gasteiger partial charge in [0.05, 0.1) is 31.7 Å². The van der Waals surface area contributed by atoms with E-state index in [1.807, 2.05) is 18.5 Å². The number of nitrogens with zero attached hydrogens (tertiary/aromatic N) is 5. The van der Waals surface area contributed by atoms with Crippen LogP contribution >= 0.6 is 11.3 Å². The standard InChI is InChI=1S/C22H22N6O5S/c1-6-27-12(3)13(10-24-27)15-7-8-23-16-9-14(26-28(15)16)19(29)25-20-17(21(30)32-4)11(2)18(34-20)22(31)33-5/h7-10H,6H2,1-5H3,(H,25,29). The molecule has 0 atom stereocenters. The maximum Gasteiger partial charge on any atom is 0.348 e. The third-order valence-corrected chi connectivity index (χ3v) is 6.59. The molecule has 0 aliphatic heterocycles. The molecular weight excluding hydrogens is 460 g/mol. The Kier molecular flexibility index (Phi) is 6.16. The summed E-state index contributed by atoms with van der Waals surface area (Å²) in [5, 5.41) is 11.7. The Labute approximate surface area is 198 Å². The van der Waals surface area contributed by atoms with Crippen LogP contribution in [0.1, 0.15) is 48.7 Å². The van der Waals surface area contributed by atoms with Gasteiger partial charge in [0.2, 0.25) is 0 Å². The zero-order chi connectivity index (χ0) is 24.6. The molecule has 0 aliphatic carbocycles. The number of aromatic nitrogens is 5. The van der Waals surface area contributed by atoms with Crippen LogP contribution in [0.2, 0.25) is 0 Å². The van der Waals surface area contributed by atoms with E-state index >= 15 is 0 Å². The normalized spacial score (nSPS) is 11.0. The molecule has 0 spiro atoms. The van der Waals surface area contributed by atoms with Crippen molar-refractivity contribution in [2.24, 2.45) is 0 Å². The van der Waals surface area contributed by atoms with E-state index in [1.165, 1.54) is 20.3 Å². The molecule has 1 N–H and O–H groups in total. The minimum atomic E-state index is -0.679. The fourth-order valence-corrected chi connectivity index (χ4v) is 4.74. The zero-order valence-electron chi connectivity index (χ0n) is 19.2. The number of hydrogen-bond acceptors (Lipinski definition) is 9. The van der Waals surface area contributed by atoms with Gasteiger partial charge in [0.1, 0.15) is 9.88 Å². The van der Waals surface area contributed by atoms with Gasteiger partial charge in [-0.25, -0.2) is 19.1 Å². The Balaban J connectivity index is 1.73. The van der Waals surface area contributed by atoms with E-state index in [0.29, 0.717) is 11.2 Å². The van der Waals surface area contributed by atoms with Gasteiger partial charge in [-0.3, -0.25) is 9.48 Å². The average molecular weight is 483 g/mol. The van der Waals surface area contributed by atoms with Crippen molar-refractivity contribution in [2.45, 2.75) is 27.3 Å². The van der Waals surface area contributed by atoms with Crippen LogP contribution in [0.25, 0.3) is 16.9 Å². The second kappa shape index (κ2) is 9.06. The first-order valence-electron chi connectivity index (χ1n) is 10.3. The number of methoxy groups -OCH3 is 2. The summed E-state index contributed by atoms with van der Waals surface area (Å²) in [6.45, 7) is 6.28. The van der Waals surface area contributed by atoms with Crippen LogP contribution in [0, 0.1) is 13.8 Å². The number of fused-ring (bicyclic) bond motifs is 1. The Morgan fingerprint density at radius 3 is 2.53 bits per heavy atom. The Morgan fingerprint density at radius 1 is 1.15 bits per heavy atom. The number of amides is 1. The molecule has 0 bridgehead atoms. The SMILES string of the molecule is CCn1ncc(-c2ccnc3cc(C(=O)Nc4sc(C(=O)OC)c(C)c4C(=O)OC)nn23)c1C. The van der Waals surface area contributed by atoms with Gasteiger partial charge in [0.15, 0.2) is 11.3 Å². The monoisotopic (exact) mass is 482 g/mol. The summed E-state index contributed by atoms with van der Waals surface area (Å²) in [6.07, 6.45) is 3.39. The van der Waals surface area contributed by atoms with Crippen LogP contribution in [0.5, 0.6) is 0 Å². The predicted octanol–water partition coefficient (Wildman–Crippen LogP) is 3.12. The number of anilines is 1. The number of hydrogen-bond donors (Lipinski definition) is 1. The molecule has 0 radical (unpaired) electrons. The smallest absolute Gasteiger partial charge is 0.348 e. The summed E-state index contributed by atoms with van der Waals surface area (Å²) in [5.41, 5.74) is 3.57. The second-order valence-corrected chi connectivity index (χ2v) is 8.31. The highest BCUT2D eigenvalue weighted by Crippen LogP contribution is 2.34. The molecule has 0 aliphatic rings. The molecule has 4 heterocycles. The van der Waals surface area contributed by atoms with Gasteiger partial charge < -0.3 is 14.8 Å². The van der Waals surface area contributed by atoms with Crippen molar-refractivity contribution >= 4 is 39.8 Å². The molecule has 4 aromatic heterocycles. The average Bonchev–Trinajstić information content (AvgIpc) is 3.52. The van der Waals surface area contributed by atoms with Gasteiger partial charge in [-0.15, -0.1) is 11.3 Å². The molecular formula is C22H22N6O5S. The first-order chi connectivity index (χ1) is 16.3. The maximum absolute atomic E-state index is 13.1. The van der Waals surface area contributed by atoms with Crippen LogP contribution in [-0.2, 0) is 16.0 Å². The van der Waals surface area contributed by atoms with Crippen molar-refractivity contribution in [3.8, 4) is 11.3 Å². The molecule has 0 fully saturated rings. The lowest BCUT2D eigenvalue weighted by atomic mass is 10.1. The molecule has 176 valence electrons. The first kappa shape index (κ1) is 23.1. The third kappa shape index (κ3) is 3.81. The van der Waals surface area contributed by atoms with Gasteiger partial charge in [0.25, 0.3) is 5.91 Å². The van der Waals surface area contributed by atoms with E-state index in [1.54, 1.807) is 29.9 Å². The molecule has 4 rings (SSSR count). The molecule has 1 amide bonds. The first-order valence-corrected chi connectivity index (χ1v) is 11.1. The Hall–Kier alpha value is -4.06. The fraction of sp³-hybridized carbons (Fsp3) is 0.273. The van der Waals surface area contributed by atoms with Crippen molar-refractivity contribution in [1.82, 2.24) is 24.4 Å². The van der Waals surface area contributed by atoms with Crippen LogP contribution < -0.4 is 5.32 Å². The molecule has 34 heavy (non-hydrogen) atoms. The number of ether oxygens (including phenoxy) is 2. The minimum absolute atomic E-state index is 0.0852. The number of rotatable bonds is 6. The van der Waals surface area contributed by atoms with Gasteiger partial charge in [-0.1, -0.05) is 0 Å². The largest absolute Gasteiger partial charge is 0.465 e. The van der Waals surface area contributed by atoms with Crippen LogP contribution in [0.15, 0.2) is 24.5 Å². The lowest BCUT2D eigenvalue weighted by Crippen LogP contribution is -2.15. The summed E-state index contributed by atoms with van der Waals surface area (Å²) in [4.78, 5) is 42.0. The van der Waals surface area contributed by atoms with E-state index < -0.39 is 17.8 Å². The molecule has 11 nitrogen and oxygen atoms in total. The molecule has 0 unspecified atom stereocenters. The number of thiophene rings is 1. The van der Waals surface area contributed by atoms with Crippen molar-refractivity contribution in [1.29, 1.82) is 0 Å². The fourth-order valence-electron chi connectivity index (χ4n) is 3.63. The van der Waals surface area contributed by atoms with E-state index in [0.717, 1.165) is 34.8 Å². The van der Waals surface area contributed by atoms with Crippen LogP contribution in [0.3, 0.4) is 0 Å². The van der Waals surface area contributed by atoms with Crippen molar-refractivity contribution < 1.29 is 23.9 Å². The second-order valence-electron chi connectivity index (χ2n) is 7.29. The number of esters is 2. The number of carbonyl (C=O) groups excluding carboxylic acids is 3. The van der Waals surface area contributed by atoms with Gasteiger partial charge in [0, 0.05) is 30.1 Å². The summed E-state index contributed by atoms with van der Waals surface area (Å²) in [7, 11) is 2.46. The van der Waals surface area contributed by atoms with Gasteiger partial charge in [-0.2, -0.15) is 10.2 Å². The summed E-state index contributed by atoms with van der Waals surface area (Å²) < 4.78 is 13.0.